The lowest BCUT2D eigenvalue weighted by atomic mass is 9.82. The average Bonchev–Trinajstić information content (AvgIpc) is 3.13. The summed E-state index contributed by atoms with van der Waals surface area (Å²) < 4.78 is 12.4. The van der Waals surface area contributed by atoms with Gasteiger partial charge in [0.15, 0.2) is 5.17 Å². The Morgan fingerprint density at radius 3 is 3.03 bits per heavy atom. The van der Waals surface area contributed by atoms with Gasteiger partial charge in [0.05, 0.1) is 7.11 Å². The number of thioether (sulfide) groups is 1. The number of pyridine rings is 1. The van der Waals surface area contributed by atoms with E-state index in [1.54, 1.807) is 30.0 Å². The van der Waals surface area contributed by atoms with Gasteiger partial charge in [0.25, 0.3) is 5.91 Å². The molecule has 1 amide bonds. The Morgan fingerprint density at radius 2 is 2.29 bits per heavy atom. The molecular formula is C22H25BrN4O3S. The number of amidine groups is 1. The third-order valence-electron chi connectivity index (χ3n) is 5.55. The van der Waals surface area contributed by atoms with Crippen molar-refractivity contribution in [2.24, 2.45) is 10.7 Å². The number of methoxy groups -OCH3 is 1. The highest BCUT2D eigenvalue weighted by Crippen LogP contribution is 2.48. The first-order valence-electron chi connectivity index (χ1n) is 10.2. The molecule has 0 saturated heterocycles. The van der Waals surface area contributed by atoms with Gasteiger partial charge in [0, 0.05) is 34.3 Å². The van der Waals surface area contributed by atoms with E-state index >= 15 is 0 Å². The van der Waals surface area contributed by atoms with Gasteiger partial charge in [-0.25, -0.2) is 4.98 Å². The minimum absolute atomic E-state index is 0.00165. The summed E-state index contributed by atoms with van der Waals surface area (Å²) in [6.45, 7) is 1.99. The zero-order chi connectivity index (χ0) is 22.0. The molecule has 3 N–H and O–H groups in total. The van der Waals surface area contributed by atoms with Gasteiger partial charge in [-0.1, -0.05) is 33.8 Å². The molecule has 3 heterocycles. The van der Waals surface area contributed by atoms with E-state index in [0.717, 1.165) is 40.8 Å². The Hall–Kier alpha value is -2.26. The molecule has 2 unspecified atom stereocenters. The summed E-state index contributed by atoms with van der Waals surface area (Å²) in [7, 11) is 1.53. The molecule has 1 spiro atoms. The molecule has 9 heteroatoms. The highest BCUT2D eigenvalue weighted by atomic mass is 79.9. The van der Waals surface area contributed by atoms with Crippen LogP contribution in [0.4, 0.5) is 0 Å². The number of aliphatic imine (C=N–C) groups is 1. The number of aromatic nitrogens is 1. The number of amides is 1. The number of fused-ring (bicyclic) bond motifs is 2. The number of benzene rings is 1. The fraction of sp³-hybridized carbons (Fsp3) is 0.409. The number of nitrogens with two attached hydrogens (primary N) is 1. The molecule has 0 saturated carbocycles. The van der Waals surface area contributed by atoms with Gasteiger partial charge in [-0.15, -0.1) is 0 Å². The van der Waals surface area contributed by atoms with E-state index in [2.05, 4.69) is 32.3 Å². The monoisotopic (exact) mass is 504 g/mol. The third-order valence-corrected chi connectivity index (χ3v) is 7.05. The maximum Gasteiger partial charge on any atom is 0.270 e. The predicted octanol–water partition coefficient (Wildman–Crippen LogP) is 3.86. The molecule has 2 aromatic rings. The summed E-state index contributed by atoms with van der Waals surface area (Å²) in [6.07, 6.45) is 2.33. The zero-order valence-electron chi connectivity index (χ0n) is 17.4. The lowest BCUT2D eigenvalue weighted by molar-refractivity contribution is 0.0916. The first-order chi connectivity index (χ1) is 14.9. The summed E-state index contributed by atoms with van der Waals surface area (Å²) in [5.41, 5.74) is 7.10. The average molecular weight is 505 g/mol. The SMILES string of the molecule is COc1cccc(C(=O)NC(C)CC[C@H]2CC3(CSC(N)=N3)c3cc(Br)ccc3O2)n1. The van der Waals surface area contributed by atoms with Crippen LogP contribution in [-0.4, -0.2) is 41.1 Å². The molecule has 7 nitrogen and oxygen atoms in total. The van der Waals surface area contributed by atoms with Gasteiger partial charge in [-0.3, -0.25) is 9.79 Å². The second kappa shape index (κ2) is 9.08. The molecule has 164 valence electrons. The summed E-state index contributed by atoms with van der Waals surface area (Å²) in [4.78, 5) is 21.5. The Labute approximate surface area is 194 Å². The molecule has 0 radical (unpaired) electrons. The van der Waals surface area contributed by atoms with Crippen molar-refractivity contribution in [3.63, 3.8) is 0 Å². The van der Waals surface area contributed by atoms with Gasteiger partial charge in [-0.05, 0) is 44.0 Å². The number of nitrogens with zero attached hydrogens (tertiary/aromatic N) is 2. The van der Waals surface area contributed by atoms with E-state index in [-0.39, 0.29) is 23.6 Å². The number of carbonyl (C=O) groups is 1. The van der Waals surface area contributed by atoms with E-state index in [4.69, 9.17) is 20.2 Å². The number of carbonyl (C=O) groups excluding carboxylic acids is 1. The van der Waals surface area contributed by atoms with E-state index in [0.29, 0.717) is 16.7 Å². The van der Waals surface area contributed by atoms with Crippen molar-refractivity contribution in [2.45, 2.75) is 43.9 Å². The van der Waals surface area contributed by atoms with Gasteiger partial charge in [0.2, 0.25) is 5.88 Å². The van der Waals surface area contributed by atoms with Crippen molar-refractivity contribution in [3.8, 4) is 11.6 Å². The summed E-state index contributed by atoms with van der Waals surface area (Å²) in [5.74, 6) is 1.87. The van der Waals surface area contributed by atoms with Crippen molar-refractivity contribution < 1.29 is 14.3 Å². The van der Waals surface area contributed by atoms with Crippen LogP contribution >= 0.6 is 27.7 Å². The van der Waals surface area contributed by atoms with Crippen molar-refractivity contribution in [1.82, 2.24) is 10.3 Å². The number of halogens is 1. The maximum absolute atomic E-state index is 12.5. The van der Waals surface area contributed by atoms with E-state index in [1.807, 2.05) is 19.1 Å². The Morgan fingerprint density at radius 1 is 1.45 bits per heavy atom. The summed E-state index contributed by atoms with van der Waals surface area (Å²) in [5, 5.41) is 3.63. The van der Waals surface area contributed by atoms with Crippen molar-refractivity contribution >= 4 is 38.8 Å². The zero-order valence-corrected chi connectivity index (χ0v) is 19.8. The molecule has 0 aliphatic carbocycles. The minimum atomic E-state index is -0.353. The van der Waals surface area contributed by atoms with Crippen molar-refractivity contribution in [1.29, 1.82) is 0 Å². The molecule has 1 aromatic heterocycles. The summed E-state index contributed by atoms with van der Waals surface area (Å²) >= 11 is 5.15. The highest BCUT2D eigenvalue weighted by Gasteiger charge is 2.45. The number of hydrogen-bond acceptors (Lipinski definition) is 7. The largest absolute Gasteiger partial charge is 0.490 e. The molecule has 1 aromatic carbocycles. The number of nitrogens with one attached hydrogen (secondary N) is 1. The van der Waals surface area contributed by atoms with Crippen LogP contribution in [0.5, 0.6) is 11.6 Å². The van der Waals surface area contributed by atoms with Gasteiger partial charge >= 0.3 is 0 Å². The first-order valence-corrected chi connectivity index (χ1v) is 11.9. The van der Waals surface area contributed by atoms with Crippen molar-refractivity contribution in [2.75, 3.05) is 12.9 Å². The third kappa shape index (κ3) is 4.82. The lowest BCUT2D eigenvalue weighted by Gasteiger charge is -2.38. The quantitative estimate of drug-likeness (QED) is 0.619. The second-order valence-corrected chi connectivity index (χ2v) is 9.78. The topological polar surface area (TPSA) is 98.8 Å². The Balaban J connectivity index is 1.40. The Kier molecular flexibility index (Phi) is 6.43. The fourth-order valence-electron chi connectivity index (χ4n) is 4.01. The van der Waals surface area contributed by atoms with Crippen molar-refractivity contribution in [3.05, 3.63) is 52.1 Å². The number of ether oxygens (including phenoxy) is 2. The van der Waals surface area contributed by atoms with Crippen LogP contribution < -0.4 is 20.5 Å². The molecule has 0 fully saturated rings. The first kappa shape index (κ1) is 22.0. The van der Waals surface area contributed by atoms with Crippen LogP contribution in [0.3, 0.4) is 0 Å². The number of hydrogen-bond donors (Lipinski definition) is 2. The van der Waals surface area contributed by atoms with Gasteiger partial charge in [0.1, 0.15) is 23.1 Å². The second-order valence-electron chi connectivity index (χ2n) is 7.87. The van der Waals surface area contributed by atoms with Crippen LogP contribution in [0.25, 0.3) is 0 Å². The lowest BCUT2D eigenvalue weighted by Crippen LogP contribution is -2.39. The van der Waals surface area contributed by atoms with Crippen LogP contribution in [0.1, 0.15) is 42.2 Å². The number of rotatable bonds is 6. The maximum atomic E-state index is 12.5. The normalized spacial score (nSPS) is 22.9. The van der Waals surface area contributed by atoms with Gasteiger partial charge < -0.3 is 20.5 Å². The molecule has 0 bridgehead atoms. The Bertz CT molecular complexity index is 1020. The van der Waals surface area contributed by atoms with Crippen LogP contribution in [0.2, 0.25) is 0 Å². The van der Waals surface area contributed by atoms with Crippen LogP contribution in [0.15, 0.2) is 45.9 Å². The van der Waals surface area contributed by atoms with Crippen LogP contribution in [-0.2, 0) is 5.54 Å². The molecule has 2 aliphatic rings. The van der Waals surface area contributed by atoms with Gasteiger partial charge in [-0.2, -0.15) is 0 Å². The molecule has 4 rings (SSSR count). The fourth-order valence-corrected chi connectivity index (χ4v) is 5.33. The molecule has 3 atom stereocenters. The molecular weight excluding hydrogens is 480 g/mol. The summed E-state index contributed by atoms with van der Waals surface area (Å²) in [6, 6.07) is 11.2. The van der Waals surface area contributed by atoms with E-state index in [9.17, 15) is 4.79 Å². The van der Waals surface area contributed by atoms with E-state index in [1.165, 1.54) is 7.11 Å². The standard InChI is InChI=1S/C22H25BrN4O3S/c1-13(25-20(28)17-4-3-5-19(26-17)29-2)6-8-15-11-22(12-31-21(24)27-22)16-10-14(23)7-9-18(16)30-15/h3-5,7,9-10,13,15H,6,8,11-12H2,1-2H3,(H2,24,27)(H,25,28)/t13?,15-,22?/m0/s1. The smallest absolute Gasteiger partial charge is 0.270 e. The predicted molar refractivity (Wildman–Crippen MR) is 126 cm³/mol. The molecule has 2 aliphatic heterocycles. The molecule has 31 heavy (non-hydrogen) atoms. The van der Waals surface area contributed by atoms with Crippen LogP contribution in [0, 0.1) is 0 Å². The highest BCUT2D eigenvalue weighted by molar-refractivity contribution is 9.10. The van der Waals surface area contributed by atoms with E-state index < -0.39 is 0 Å². The minimum Gasteiger partial charge on any atom is -0.490 e.